The maximum Gasteiger partial charge on any atom is 0.120 e. The fourth-order valence-electron chi connectivity index (χ4n) is 2.58. The molecule has 0 unspecified atom stereocenters. The number of rotatable bonds is 4. The molecule has 0 bridgehead atoms. The van der Waals surface area contributed by atoms with Crippen molar-refractivity contribution in [1.82, 2.24) is 4.90 Å². The Balaban J connectivity index is 1.75. The van der Waals surface area contributed by atoms with Crippen molar-refractivity contribution in [3.63, 3.8) is 0 Å². The second kappa shape index (κ2) is 6.07. The van der Waals surface area contributed by atoms with Crippen LogP contribution < -0.4 is 4.74 Å². The van der Waals surface area contributed by atoms with E-state index in [0.717, 1.165) is 23.4 Å². The van der Waals surface area contributed by atoms with Gasteiger partial charge in [0, 0.05) is 17.6 Å². The summed E-state index contributed by atoms with van der Waals surface area (Å²) in [6.07, 6.45) is 2.65. The van der Waals surface area contributed by atoms with Gasteiger partial charge in [-0.1, -0.05) is 35.8 Å². The Labute approximate surface area is 118 Å². The third-order valence-electron chi connectivity index (χ3n) is 3.45. The van der Waals surface area contributed by atoms with Crippen LogP contribution in [0.1, 0.15) is 26.7 Å². The van der Waals surface area contributed by atoms with Crippen molar-refractivity contribution in [2.24, 2.45) is 5.41 Å². The average Bonchev–Trinajstić information content (AvgIpc) is 2.28. The summed E-state index contributed by atoms with van der Waals surface area (Å²) in [6.45, 7) is 8.91. The second-order valence-corrected chi connectivity index (χ2v) is 6.77. The van der Waals surface area contributed by atoms with E-state index >= 15 is 0 Å². The summed E-state index contributed by atoms with van der Waals surface area (Å²) < 4.78 is 6.85. The summed E-state index contributed by atoms with van der Waals surface area (Å²) in [6, 6.07) is 8.04. The van der Waals surface area contributed by atoms with Gasteiger partial charge < -0.3 is 4.74 Å². The number of hydrogen-bond acceptors (Lipinski definition) is 2. The van der Waals surface area contributed by atoms with E-state index in [2.05, 4.69) is 34.7 Å². The van der Waals surface area contributed by atoms with Crippen molar-refractivity contribution in [1.29, 1.82) is 0 Å². The Morgan fingerprint density at radius 3 is 2.94 bits per heavy atom. The van der Waals surface area contributed by atoms with E-state index in [0.29, 0.717) is 5.41 Å². The van der Waals surface area contributed by atoms with Crippen LogP contribution in [0.3, 0.4) is 0 Å². The van der Waals surface area contributed by atoms with Gasteiger partial charge in [0.2, 0.25) is 0 Å². The summed E-state index contributed by atoms with van der Waals surface area (Å²) in [5.74, 6) is 0.945. The number of halogens is 1. The first-order chi connectivity index (χ1) is 8.55. The van der Waals surface area contributed by atoms with Crippen molar-refractivity contribution >= 4 is 15.9 Å². The van der Waals surface area contributed by atoms with Crippen molar-refractivity contribution in [3.8, 4) is 5.75 Å². The lowest BCUT2D eigenvalue weighted by atomic mass is 9.84. The number of nitrogens with zero attached hydrogens (tertiary/aromatic N) is 1. The molecule has 18 heavy (non-hydrogen) atoms. The molecule has 0 N–H and O–H groups in total. The summed E-state index contributed by atoms with van der Waals surface area (Å²) >= 11 is 3.46. The minimum Gasteiger partial charge on any atom is -0.492 e. The zero-order valence-electron chi connectivity index (χ0n) is 11.3. The minimum atomic E-state index is 0.466. The third-order valence-corrected chi connectivity index (χ3v) is 3.95. The summed E-state index contributed by atoms with van der Waals surface area (Å²) in [5.41, 5.74) is 0.466. The van der Waals surface area contributed by atoms with Gasteiger partial charge in [-0.05, 0) is 43.0 Å². The molecule has 2 nitrogen and oxygen atoms in total. The zero-order chi connectivity index (χ0) is 13.0. The highest BCUT2D eigenvalue weighted by molar-refractivity contribution is 9.10. The van der Waals surface area contributed by atoms with Crippen LogP contribution in [-0.4, -0.2) is 31.1 Å². The van der Waals surface area contributed by atoms with E-state index in [1.165, 1.54) is 25.9 Å². The van der Waals surface area contributed by atoms with Crippen molar-refractivity contribution in [2.75, 3.05) is 26.2 Å². The van der Waals surface area contributed by atoms with Gasteiger partial charge in [0.25, 0.3) is 0 Å². The molecule has 100 valence electrons. The molecular formula is C15H22BrNO. The molecule has 1 fully saturated rings. The first-order valence-corrected chi connectivity index (χ1v) is 7.45. The van der Waals surface area contributed by atoms with Gasteiger partial charge in [-0.3, -0.25) is 4.90 Å². The lowest BCUT2D eigenvalue weighted by Crippen LogP contribution is -2.41. The van der Waals surface area contributed by atoms with E-state index in [9.17, 15) is 0 Å². The van der Waals surface area contributed by atoms with Gasteiger partial charge in [0.15, 0.2) is 0 Å². The number of hydrogen-bond donors (Lipinski definition) is 0. The monoisotopic (exact) mass is 311 g/mol. The Morgan fingerprint density at radius 1 is 1.39 bits per heavy atom. The van der Waals surface area contributed by atoms with Gasteiger partial charge in [-0.15, -0.1) is 0 Å². The van der Waals surface area contributed by atoms with Crippen molar-refractivity contribution in [2.45, 2.75) is 26.7 Å². The molecule has 2 rings (SSSR count). The molecule has 1 aliphatic rings. The number of likely N-dealkylation sites (tertiary alicyclic amines) is 1. The van der Waals surface area contributed by atoms with Gasteiger partial charge in [0.1, 0.15) is 12.4 Å². The molecule has 0 atom stereocenters. The topological polar surface area (TPSA) is 12.5 Å². The molecule has 0 radical (unpaired) electrons. The fourth-order valence-corrected chi connectivity index (χ4v) is 2.96. The van der Waals surface area contributed by atoms with Crippen LogP contribution in [-0.2, 0) is 0 Å². The van der Waals surface area contributed by atoms with Gasteiger partial charge in [-0.2, -0.15) is 0 Å². The van der Waals surface area contributed by atoms with Crippen LogP contribution >= 0.6 is 15.9 Å². The van der Waals surface area contributed by atoms with Crippen molar-refractivity contribution in [3.05, 3.63) is 28.7 Å². The Kier molecular flexibility index (Phi) is 4.68. The smallest absolute Gasteiger partial charge is 0.120 e. The second-order valence-electron chi connectivity index (χ2n) is 5.85. The van der Waals surface area contributed by atoms with Crippen LogP contribution in [0.4, 0.5) is 0 Å². The van der Waals surface area contributed by atoms with Gasteiger partial charge in [0.05, 0.1) is 0 Å². The van der Waals surface area contributed by atoms with Crippen LogP contribution in [0.5, 0.6) is 5.75 Å². The molecule has 1 aromatic carbocycles. The quantitative estimate of drug-likeness (QED) is 0.835. The van der Waals surface area contributed by atoms with Gasteiger partial charge in [-0.25, -0.2) is 0 Å². The predicted molar refractivity (Wildman–Crippen MR) is 79.1 cm³/mol. The highest BCUT2D eigenvalue weighted by atomic mass is 79.9. The first kappa shape index (κ1) is 13.9. The lowest BCUT2D eigenvalue weighted by molar-refractivity contribution is 0.102. The molecule has 1 aliphatic heterocycles. The SMILES string of the molecule is CC1(C)CCCN(CCOc2cccc(Br)c2)C1. The highest BCUT2D eigenvalue weighted by Crippen LogP contribution is 2.28. The molecule has 3 heteroatoms. The maximum absolute atomic E-state index is 5.79. The predicted octanol–water partition coefficient (Wildman–Crippen LogP) is 3.95. The van der Waals surface area contributed by atoms with E-state index in [1.54, 1.807) is 0 Å². The van der Waals surface area contributed by atoms with Crippen LogP contribution in [0.2, 0.25) is 0 Å². The summed E-state index contributed by atoms with van der Waals surface area (Å²) in [7, 11) is 0. The summed E-state index contributed by atoms with van der Waals surface area (Å²) in [5, 5.41) is 0. The molecule has 0 aromatic heterocycles. The molecule has 1 heterocycles. The zero-order valence-corrected chi connectivity index (χ0v) is 12.9. The maximum atomic E-state index is 5.79. The highest BCUT2D eigenvalue weighted by Gasteiger charge is 2.25. The Hall–Kier alpha value is -0.540. The van der Waals surface area contributed by atoms with E-state index in [4.69, 9.17) is 4.74 Å². The standard InChI is InChI=1S/C15H22BrNO/c1-15(2)7-4-8-17(12-15)9-10-18-14-6-3-5-13(16)11-14/h3,5-6,11H,4,7-10,12H2,1-2H3. The molecule has 1 aromatic rings. The number of benzene rings is 1. The van der Waals surface area contributed by atoms with E-state index in [-0.39, 0.29) is 0 Å². The molecule has 0 spiro atoms. The minimum absolute atomic E-state index is 0.466. The fraction of sp³-hybridized carbons (Fsp3) is 0.600. The summed E-state index contributed by atoms with van der Waals surface area (Å²) in [4.78, 5) is 2.52. The normalized spacial score (nSPS) is 19.7. The Morgan fingerprint density at radius 2 is 2.22 bits per heavy atom. The molecular weight excluding hydrogens is 290 g/mol. The third kappa shape index (κ3) is 4.29. The van der Waals surface area contributed by atoms with Crippen LogP contribution in [0, 0.1) is 5.41 Å². The lowest BCUT2D eigenvalue weighted by Gasteiger charge is -2.37. The largest absolute Gasteiger partial charge is 0.492 e. The molecule has 0 aliphatic carbocycles. The molecule has 1 saturated heterocycles. The number of piperidine rings is 1. The first-order valence-electron chi connectivity index (χ1n) is 6.66. The average molecular weight is 312 g/mol. The van der Waals surface area contributed by atoms with Crippen LogP contribution in [0.15, 0.2) is 28.7 Å². The Bertz CT molecular complexity index is 392. The molecule has 0 amide bonds. The molecule has 0 saturated carbocycles. The van der Waals surface area contributed by atoms with E-state index < -0.39 is 0 Å². The van der Waals surface area contributed by atoms with Crippen LogP contribution in [0.25, 0.3) is 0 Å². The van der Waals surface area contributed by atoms with Gasteiger partial charge >= 0.3 is 0 Å². The van der Waals surface area contributed by atoms with E-state index in [1.807, 2.05) is 24.3 Å². The van der Waals surface area contributed by atoms with Crippen molar-refractivity contribution < 1.29 is 4.74 Å². The number of ether oxygens (including phenoxy) is 1.